The molecular formula is C9H4BrF3N2O. The minimum absolute atomic E-state index is 0.209. The smallest absolute Gasteiger partial charge is 0.296 e. The number of pyridine rings is 1. The SMILES string of the molecule is O=C(c1nc(Br)c2ccccn12)C(F)(F)F. The number of hydrogen-bond acceptors (Lipinski definition) is 2. The fourth-order valence-corrected chi connectivity index (χ4v) is 1.78. The summed E-state index contributed by atoms with van der Waals surface area (Å²) >= 11 is 3.00. The Hall–Kier alpha value is -1.37. The van der Waals surface area contributed by atoms with E-state index < -0.39 is 17.8 Å². The first-order valence-electron chi connectivity index (χ1n) is 4.15. The van der Waals surface area contributed by atoms with Crippen molar-refractivity contribution in [3.8, 4) is 0 Å². The molecule has 16 heavy (non-hydrogen) atoms. The van der Waals surface area contributed by atoms with Gasteiger partial charge in [-0.15, -0.1) is 0 Å². The molecule has 0 bridgehead atoms. The van der Waals surface area contributed by atoms with Gasteiger partial charge in [-0.3, -0.25) is 9.20 Å². The average Bonchev–Trinajstić information content (AvgIpc) is 2.55. The van der Waals surface area contributed by atoms with Crippen LogP contribution < -0.4 is 0 Å². The number of alkyl halides is 3. The molecule has 0 fully saturated rings. The maximum atomic E-state index is 12.3. The Balaban J connectivity index is 2.67. The molecule has 0 aliphatic heterocycles. The summed E-state index contributed by atoms with van der Waals surface area (Å²) in [4.78, 5) is 14.6. The molecule has 2 rings (SSSR count). The largest absolute Gasteiger partial charge is 0.458 e. The summed E-state index contributed by atoms with van der Waals surface area (Å²) in [5.74, 6) is -2.60. The fraction of sp³-hybridized carbons (Fsp3) is 0.111. The molecule has 84 valence electrons. The summed E-state index contributed by atoms with van der Waals surface area (Å²) in [5.41, 5.74) is 0.412. The molecule has 0 saturated heterocycles. The van der Waals surface area contributed by atoms with Gasteiger partial charge in [0.25, 0.3) is 0 Å². The summed E-state index contributed by atoms with van der Waals surface area (Å²) in [6.45, 7) is 0. The van der Waals surface area contributed by atoms with E-state index in [-0.39, 0.29) is 4.60 Å². The number of imidazole rings is 1. The number of rotatable bonds is 1. The molecule has 0 aliphatic rings. The summed E-state index contributed by atoms with van der Waals surface area (Å²) in [5, 5.41) is 0. The highest BCUT2D eigenvalue weighted by molar-refractivity contribution is 9.10. The number of nitrogens with zero attached hydrogens (tertiary/aromatic N) is 2. The van der Waals surface area contributed by atoms with Gasteiger partial charge in [0.2, 0.25) is 0 Å². The van der Waals surface area contributed by atoms with E-state index >= 15 is 0 Å². The van der Waals surface area contributed by atoms with E-state index in [1.807, 2.05) is 0 Å². The standard InChI is InChI=1S/C9H4BrF3N2O/c10-7-5-3-1-2-4-15(5)8(14-7)6(16)9(11,12)13/h1-4H. The van der Waals surface area contributed by atoms with E-state index in [1.165, 1.54) is 12.3 Å². The van der Waals surface area contributed by atoms with Gasteiger partial charge < -0.3 is 0 Å². The Bertz CT molecular complexity index is 561. The minimum Gasteiger partial charge on any atom is -0.296 e. The van der Waals surface area contributed by atoms with Gasteiger partial charge in [-0.2, -0.15) is 13.2 Å². The second-order valence-corrected chi connectivity index (χ2v) is 3.76. The number of halogens is 4. The van der Waals surface area contributed by atoms with Crippen molar-refractivity contribution in [3.63, 3.8) is 0 Å². The first-order chi connectivity index (χ1) is 7.41. The van der Waals surface area contributed by atoms with Gasteiger partial charge in [-0.1, -0.05) is 6.07 Å². The van der Waals surface area contributed by atoms with E-state index in [1.54, 1.807) is 12.1 Å². The van der Waals surface area contributed by atoms with Crippen LogP contribution in [0.25, 0.3) is 5.52 Å². The van der Waals surface area contributed by atoms with E-state index in [4.69, 9.17) is 0 Å². The zero-order chi connectivity index (χ0) is 11.9. The maximum absolute atomic E-state index is 12.3. The quantitative estimate of drug-likeness (QED) is 0.758. The Labute approximate surface area is 96.0 Å². The van der Waals surface area contributed by atoms with Crippen molar-refractivity contribution < 1.29 is 18.0 Å². The molecular weight excluding hydrogens is 289 g/mol. The molecule has 0 unspecified atom stereocenters. The van der Waals surface area contributed by atoms with Crippen LogP contribution in [0.5, 0.6) is 0 Å². The zero-order valence-corrected chi connectivity index (χ0v) is 9.21. The molecule has 2 aromatic rings. The van der Waals surface area contributed by atoms with E-state index in [0.29, 0.717) is 5.52 Å². The second kappa shape index (κ2) is 3.58. The van der Waals surface area contributed by atoms with Gasteiger partial charge in [0, 0.05) is 6.20 Å². The van der Waals surface area contributed by atoms with Gasteiger partial charge in [0.1, 0.15) is 4.60 Å². The number of carbonyl (C=O) groups is 1. The van der Waals surface area contributed by atoms with Crippen molar-refractivity contribution in [1.82, 2.24) is 9.38 Å². The Kier molecular flexibility index (Phi) is 2.49. The predicted octanol–water partition coefficient (Wildman–Crippen LogP) is 2.84. The van der Waals surface area contributed by atoms with Gasteiger partial charge >= 0.3 is 12.0 Å². The molecule has 0 radical (unpaired) electrons. The number of Topliss-reactive ketones (excluding diaryl/α,β-unsaturated/α-hetero) is 1. The van der Waals surface area contributed by atoms with Crippen molar-refractivity contribution in [1.29, 1.82) is 0 Å². The normalized spacial score (nSPS) is 12.0. The van der Waals surface area contributed by atoms with Crippen molar-refractivity contribution in [2.45, 2.75) is 6.18 Å². The lowest BCUT2D eigenvalue weighted by Gasteiger charge is -2.03. The van der Waals surface area contributed by atoms with Crippen LogP contribution in [0, 0.1) is 0 Å². The van der Waals surface area contributed by atoms with Crippen LogP contribution in [0.4, 0.5) is 13.2 Å². The van der Waals surface area contributed by atoms with E-state index in [9.17, 15) is 18.0 Å². The van der Waals surface area contributed by atoms with Crippen LogP contribution in [0.1, 0.15) is 10.6 Å². The number of hydrogen-bond donors (Lipinski definition) is 0. The molecule has 0 aliphatic carbocycles. The highest BCUT2D eigenvalue weighted by Crippen LogP contribution is 2.25. The highest BCUT2D eigenvalue weighted by Gasteiger charge is 2.42. The second-order valence-electron chi connectivity index (χ2n) is 3.01. The average molecular weight is 293 g/mol. The lowest BCUT2D eigenvalue weighted by molar-refractivity contribution is -0.0892. The summed E-state index contributed by atoms with van der Waals surface area (Å²) in [6.07, 6.45) is -3.57. The topological polar surface area (TPSA) is 34.4 Å². The number of carbonyl (C=O) groups excluding carboxylic acids is 1. The molecule has 2 aromatic heterocycles. The third kappa shape index (κ3) is 1.71. The Morgan fingerprint density at radius 3 is 2.69 bits per heavy atom. The summed E-state index contributed by atoms with van der Waals surface area (Å²) in [7, 11) is 0. The van der Waals surface area contributed by atoms with Crippen molar-refractivity contribution in [3.05, 3.63) is 34.8 Å². The third-order valence-corrected chi connectivity index (χ3v) is 2.55. The van der Waals surface area contributed by atoms with Gasteiger partial charge in [-0.25, -0.2) is 4.98 Å². The van der Waals surface area contributed by atoms with Crippen molar-refractivity contribution in [2.75, 3.05) is 0 Å². The third-order valence-electron chi connectivity index (χ3n) is 1.96. The van der Waals surface area contributed by atoms with Crippen LogP contribution in [0.3, 0.4) is 0 Å². The highest BCUT2D eigenvalue weighted by atomic mass is 79.9. The first-order valence-corrected chi connectivity index (χ1v) is 4.94. The van der Waals surface area contributed by atoms with Crippen LogP contribution in [-0.4, -0.2) is 21.3 Å². The molecule has 0 amide bonds. The molecule has 3 nitrogen and oxygen atoms in total. The zero-order valence-electron chi connectivity index (χ0n) is 7.62. The van der Waals surface area contributed by atoms with Gasteiger partial charge in [-0.05, 0) is 28.1 Å². The monoisotopic (exact) mass is 292 g/mol. The fourth-order valence-electron chi connectivity index (χ4n) is 1.29. The lowest BCUT2D eigenvalue weighted by atomic mass is 10.3. The number of ketones is 1. The van der Waals surface area contributed by atoms with Gasteiger partial charge in [0.05, 0.1) is 5.52 Å². The maximum Gasteiger partial charge on any atom is 0.458 e. The minimum atomic E-state index is -4.92. The van der Waals surface area contributed by atoms with Crippen LogP contribution in [0.2, 0.25) is 0 Å². The number of fused-ring (bicyclic) bond motifs is 1. The number of aromatic nitrogens is 2. The lowest BCUT2D eigenvalue weighted by Crippen LogP contribution is -2.25. The molecule has 2 heterocycles. The molecule has 0 saturated carbocycles. The van der Waals surface area contributed by atoms with Gasteiger partial charge in [0.15, 0.2) is 5.82 Å². The molecule has 0 spiro atoms. The molecule has 0 aromatic carbocycles. The van der Waals surface area contributed by atoms with E-state index in [2.05, 4.69) is 20.9 Å². The molecule has 0 atom stereocenters. The predicted molar refractivity (Wildman–Crippen MR) is 53.3 cm³/mol. The first kappa shape index (κ1) is 11.1. The van der Waals surface area contributed by atoms with E-state index in [0.717, 1.165) is 4.40 Å². The van der Waals surface area contributed by atoms with Crippen LogP contribution in [-0.2, 0) is 0 Å². The molecule has 0 N–H and O–H groups in total. The van der Waals surface area contributed by atoms with Crippen molar-refractivity contribution >= 4 is 27.2 Å². The van der Waals surface area contributed by atoms with Crippen LogP contribution >= 0.6 is 15.9 Å². The summed E-state index contributed by atoms with van der Waals surface area (Å²) in [6, 6.07) is 4.72. The van der Waals surface area contributed by atoms with Crippen LogP contribution in [0.15, 0.2) is 29.0 Å². The Morgan fingerprint density at radius 2 is 2.06 bits per heavy atom. The Morgan fingerprint density at radius 1 is 1.38 bits per heavy atom. The molecule has 7 heteroatoms. The summed E-state index contributed by atoms with van der Waals surface area (Å²) < 4.78 is 38.1. The van der Waals surface area contributed by atoms with Crippen molar-refractivity contribution in [2.24, 2.45) is 0 Å².